The van der Waals surface area contributed by atoms with Gasteiger partial charge < -0.3 is 15.4 Å². The molecule has 0 fully saturated rings. The number of hydrogen-bond acceptors (Lipinski definition) is 3. The van der Waals surface area contributed by atoms with Gasteiger partial charge in [-0.2, -0.15) is 0 Å². The lowest BCUT2D eigenvalue weighted by molar-refractivity contribution is 0.407. The van der Waals surface area contributed by atoms with E-state index in [4.69, 9.17) is 4.74 Å². The van der Waals surface area contributed by atoms with Crippen molar-refractivity contribution in [2.45, 2.75) is 34.1 Å². The van der Waals surface area contributed by atoms with E-state index in [0.29, 0.717) is 0 Å². The first-order valence-electron chi connectivity index (χ1n) is 6.35. The maximum atomic E-state index is 5.52. The lowest BCUT2D eigenvalue weighted by Gasteiger charge is -2.19. The van der Waals surface area contributed by atoms with Crippen LogP contribution in [0, 0.1) is 27.7 Å². The number of rotatable bonds is 3. The molecule has 3 nitrogen and oxygen atoms in total. The van der Waals surface area contributed by atoms with Gasteiger partial charge in [-0.1, -0.05) is 0 Å². The van der Waals surface area contributed by atoms with Gasteiger partial charge >= 0.3 is 0 Å². The Kier molecular flexibility index (Phi) is 3.50. The van der Waals surface area contributed by atoms with E-state index >= 15 is 0 Å². The number of benzene rings is 1. The van der Waals surface area contributed by atoms with Gasteiger partial charge in [0.15, 0.2) is 0 Å². The Morgan fingerprint density at radius 3 is 2.11 bits per heavy atom. The molecule has 0 radical (unpaired) electrons. The summed E-state index contributed by atoms with van der Waals surface area (Å²) in [5, 5.41) is 6.53. The van der Waals surface area contributed by atoms with E-state index in [-0.39, 0.29) is 0 Å². The van der Waals surface area contributed by atoms with Gasteiger partial charge in [0.05, 0.1) is 13.8 Å². The summed E-state index contributed by atoms with van der Waals surface area (Å²) >= 11 is 0. The third kappa shape index (κ3) is 2.05. The average Bonchev–Trinajstić information content (AvgIpc) is 2.86. The first-order valence-corrected chi connectivity index (χ1v) is 6.35. The van der Waals surface area contributed by atoms with Crippen LogP contribution in [-0.2, 0) is 6.42 Å². The fourth-order valence-electron chi connectivity index (χ4n) is 2.62. The van der Waals surface area contributed by atoms with E-state index < -0.39 is 0 Å². The molecule has 3 heteroatoms. The summed E-state index contributed by atoms with van der Waals surface area (Å²) in [5.74, 6) is 1.03. The van der Waals surface area contributed by atoms with E-state index in [9.17, 15) is 0 Å². The molecule has 1 aliphatic heterocycles. The van der Waals surface area contributed by atoms with E-state index in [1.165, 1.54) is 33.5 Å². The SMILES string of the molecule is COc1c(C)c(C)c(CC2=CNCN2)c(C)c1C. The predicted octanol–water partition coefficient (Wildman–Crippen LogP) is 2.46. The summed E-state index contributed by atoms with van der Waals surface area (Å²) in [6.07, 6.45) is 3.02. The van der Waals surface area contributed by atoms with Crippen LogP contribution in [-0.4, -0.2) is 13.8 Å². The van der Waals surface area contributed by atoms with Crippen LogP contribution in [0.2, 0.25) is 0 Å². The molecule has 1 aliphatic rings. The molecule has 0 spiro atoms. The topological polar surface area (TPSA) is 33.3 Å². The van der Waals surface area contributed by atoms with Gasteiger partial charge in [0, 0.05) is 18.3 Å². The smallest absolute Gasteiger partial charge is 0.125 e. The molecule has 0 aliphatic carbocycles. The standard InChI is InChI=1S/C15H22N2O/c1-9-11(3)15(18-5)12(4)10(2)14(9)6-13-7-16-8-17-13/h7,16-17H,6,8H2,1-5H3. The highest BCUT2D eigenvalue weighted by Crippen LogP contribution is 2.33. The molecule has 2 rings (SSSR count). The molecule has 0 unspecified atom stereocenters. The van der Waals surface area contributed by atoms with Crippen molar-refractivity contribution in [1.29, 1.82) is 0 Å². The zero-order valence-electron chi connectivity index (χ0n) is 11.9. The number of ether oxygens (including phenoxy) is 1. The molecule has 98 valence electrons. The Morgan fingerprint density at radius 1 is 1.06 bits per heavy atom. The summed E-state index contributed by atoms with van der Waals surface area (Å²) < 4.78 is 5.52. The highest BCUT2D eigenvalue weighted by atomic mass is 16.5. The lowest BCUT2D eigenvalue weighted by atomic mass is 9.90. The third-order valence-corrected chi connectivity index (χ3v) is 3.98. The summed E-state index contributed by atoms with van der Waals surface area (Å²) in [7, 11) is 1.75. The van der Waals surface area contributed by atoms with Gasteiger partial charge in [0.25, 0.3) is 0 Å². The van der Waals surface area contributed by atoms with Gasteiger partial charge in [-0.25, -0.2) is 0 Å². The fraction of sp³-hybridized carbons (Fsp3) is 0.467. The van der Waals surface area contributed by atoms with Crippen LogP contribution >= 0.6 is 0 Å². The van der Waals surface area contributed by atoms with Gasteiger partial charge in [0.2, 0.25) is 0 Å². The second-order valence-corrected chi connectivity index (χ2v) is 4.92. The van der Waals surface area contributed by atoms with E-state index in [1.807, 2.05) is 0 Å². The van der Waals surface area contributed by atoms with Crippen LogP contribution in [0.3, 0.4) is 0 Å². The van der Waals surface area contributed by atoms with Crippen molar-refractivity contribution in [3.05, 3.63) is 39.7 Å². The van der Waals surface area contributed by atoms with Crippen LogP contribution in [0.15, 0.2) is 11.9 Å². The number of nitrogens with one attached hydrogen (secondary N) is 2. The molecule has 0 aromatic heterocycles. The maximum absolute atomic E-state index is 5.52. The average molecular weight is 246 g/mol. The van der Waals surface area contributed by atoms with Crippen LogP contribution in [0.25, 0.3) is 0 Å². The van der Waals surface area contributed by atoms with Crippen molar-refractivity contribution in [1.82, 2.24) is 10.6 Å². The quantitative estimate of drug-likeness (QED) is 0.859. The lowest BCUT2D eigenvalue weighted by Crippen LogP contribution is -2.16. The molecule has 0 atom stereocenters. The molecule has 0 saturated heterocycles. The van der Waals surface area contributed by atoms with Crippen LogP contribution in [0.1, 0.15) is 27.8 Å². The molecule has 1 aromatic rings. The molecule has 1 aromatic carbocycles. The summed E-state index contributed by atoms with van der Waals surface area (Å²) in [6.45, 7) is 9.48. The minimum Gasteiger partial charge on any atom is -0.496 e. The highest BCUT2D eigenvalue weighted by Gasteiger charge is 2.16. The van der Waals surface area contributed by atoms with Gasteiger partial charge in [-0.15, -0.1) is 0 Å². The van der Waals surface area contributed by atoms with Crippen LogP contribution in [0.4, 0.5) is 0 Å². The molecular formula is C15H22N2O. The fourth-order valence-corrected chi connectivity index (χ4v) is 2.62. The van der Waals surface area contributed by atoms with Crippen LogP contribution < -0.4 is 15.4 Å². The predicted molar refractivity (Wildman–Crippen MR) is 74.9 cm³/mol. The van der Waals surface area contributed by atoms with Gasteiger partial charge in [-0.3, -0.25) is 0 Å². The second kappa shape index (κ2) is 4.92. The number of hydrogen-bond donors (Lipinski definition) is 2. The van der Waals surface area contributed by atoms with E-state index in [1.54, 1.807) is 7.11 Å². The molecular weight excluding hydrogens is 224 g/mol. The summed E-state index contributed by atoms with van der Waals surface area (Å²) in [4.78, 5) is 0. The molecule has 0 saturated carbocycles. The van der Waals surface area contributed by atoms with Gasteiger partial charge in [0.1, 0.15) is 5.75 Å². The van der Waals surface area contributed by atoms with Crippen molar-refractivity contribution in [3.8, 4) is 5.75 Å². The minimum atomic E-state index is 0.835. The molecule has 18 heavy (non-hydrogen) atoms. The van der Waals surface area contributed by atoms with E-state index in [0.717, 1.165) is 18.8 Å². The van der Waals surface area contributed by atoms with Crippen molar-refractivity contribution in [2.75, 3.05) is 13.8 Å². The normalized spacial score (nSPS) is 13.9. The first-order chi connectivity index (χ1) is 8.56. The molecule has 0 bridgehead atoms. The Labute approximate surface area is 109 Å². The van der Waals surface area contributed by atoms with Crippen molar-refractivity contribution in [2.24, 2.45) is 0 Å². The zero-order valence-corrected chi connectivity index (χ0v) is 11.9. The minimum absolute atomic E-state index is 0.835. The van der Waals surface area contributed by atoms with Crippen molar-refractivity contribution < 1.29 is 4.74 Å². The summed E-state index contributed by atoms with van der Waals surface area (Å²) in [5.41, 5.74) is 7.84. The molecule has 2 N–H and O–H groups in total. The van der Waals surface area contributed by atoms with Crippen molar-refractivity contribution in [3.63, 3.8) is 0 Å². The largest absolute Gasteiger partial charge is 0.496 e. The molecule has 1 heterocycles. The third-order valence-electron chi connectivity index (χ3n) is 3.98. The second-order valence-electron chi connectivity index (χ2n) is 4.92. The Hall–Kier alpha value is -1.64. The van der Waals surface area contributed by atoms with E-state index in [2.05, 4.69) is 44.5 Å². The Bertz CT molecular complexity index is 475. The first kappa shape index (κ1) is 12.8. The maximum Gasteiger partial charge on any atom is 0.125 e. The highest BCUT2D eigenvalue weighted by molar-refractivity contribution is 5.54. The Morgan fingerprint density at radius 2 is 1.67 bits per heavy atom. The zero-order chi connectivity index (χ0) is 13.3. The Balaban J connectivity index is 2.47. The monoisotopic (exact) mass is 246 g/mol. The van der Waals surface area contributed by atoms with Crippen LogP contribution in [0.5, 0.6) is 5.75 Å². The van der Waals surface area contributed by atoms with Gasteiger partial charge in [-0.05, 0) is 55.5 Å². The summed E-state index contributed by atoms with van der Waals surface area (Å²) in [6, 6.07) is 0. The number of allylic oxidation sites excluding steroid dienone is 1. The number of methoxy groups -OCH3 is 1. The molecule has 0 amide bonds. The van der Waals surface area contributed by atoms with Crippen molar-refractivity contribution >= 4 is 0 Å².